The summed E-state index contributed by atoms with van der Waals surface area (Å²) in [6, 6.07) is 15.4. The normalized spacial score (nSPS) is 12.4. The highest BCUT2D eigenvalue weighted by atomic mass is 32.2. The Morgan fingerprint density at radius 2 is 1.87 bits per heavy atom. The standard InChI is InChI=1S/C23H24N4O2S/c1-4-5-14-27-22(28)18-8-6-7-9-19(18)24-23(27)30-16(3)20-25-26-21(29-20)17-12-10-15(2)11-13-17/h6-13,16H,4-5,14H2,1-3H3/t16-/m1/s1. The van der Waals surface area contributed by atoms with E-state index in [-0.39, 0.29) is 10.8 Å². The summed E-state index contributed by atoms with van der Waals surface area (Å²) in [5.41, 5.74) is 2.76. The quantitative estimate of drug-likeness (QED) is 0.294. The van der Waals surface area contributed by atoms with Gasteiger partial charge in [0, 0.05) is 12.1 Å². The molecule has 0 spiro atoms. The van der Waals surface area contributed by atoms with Gasteiger partial charge >= 0.3 is 0 Å². The lowest BCUT2D eigenvalue weighted by Gasteiger charge is -2.14. The van der Waals surface area contributed by atoms with Gasteiger partial charge in [0.25, 0.3) is 5.56 Å². The van der Waals surface area contributed by atoms with Crippen LogP contribution in [0.4, 0.5) is 0 Å². The van der Waals surface area contributed by atoms with E-state index in [4.69, 9.17) is 9.40 Å². The highest BCUT2D eigenvalue weighted by molar-refractivity contribution is 7.99. The van der Waals surface area contributed by atoms with E-state index in [0.717, 1.165) is 18.4 Å². The number of unbranched alkanes of at least 4 members (excludes halogenated alkanes) is 1. The van der Waals surface area contributed by atoms with Crippen molar-refractivity contribution in [3.8, 4) is 11.5 Å². The minimum Gasteiger partial charge on any atom is -0.419 e. The zero-order chi connectivity index (χ0) is 21.1. The van der Waals surface area contributed by atoms with E-state index in [1.165, 1.54) is 17.3 Å². The highest BCUT2D eigenvalue weighted by Crippen LogP contribution is 2.34. The third-order valence-electron chi connectivity index (χ3n) is 4.93. The van der Waals surface area contributed by atoms with E-state index >= 15 is 0 Å². The Bertz CT molecular complexity index is 1210. The molecular weight excluding hydrogens is 396 g/mol. The van der Waals surface area contributed by atoms with Gasteiger partial charge in [-0.15, -0.1) is 10.2 Å². The predicted octanol–water partition coefficient (Wildman–Crippen LogP) is 5.41. The van der Waals surface area contributed by atoms with Gasteiger partial charge in [0.1, 0.15) is 0 Å². The van der Waals surface area contributed by atoms with Crippen LogP contribution in [0.1, 0.15) is 43.4 Å². The molecule has 0 radical (unpaired) electrons. The summed E-state index contributed by atoms with van der Waals surface area (Å²) in [5, 5.41) is 9.61. The second kappa shape index (κ2) is 8.83. The van der Waals surface area contributed by atoms with Crippen molar-refractivity contribution in [2.75, 3.05) is 0 Å². The van der Waals surface area contributed by atoms with Crippen molar-refractivity contribution in [2.24, 2.45) is 0 Å². The van der Waals surface area contributed by atoms with Gasteiger partial charge in [-0.1, -0.05) is 54.9 Å². The topological polar surface area (TPSA) is 73.8 Å². The molecule has 6 nitrogen and oxygen atoms in total. The summed E-state index contributed by atoms with van der Waals surface area (Å²) >= 11 is 1.47. The Kier molecular flexibility index (Phi) is 5.99. The molecule has 4 rings (SSSR count). The molecule has 2 heterocycles. The van der Waals surface area contributed by atoms with Gasteiger partial charge < -0.3 is 4.42 Å². The third kappa shape index (κ3) is 4.16. The molecule has 154 valence electrons. The highest BCUT2D eigenvalue weighted by Gasteiger charge is 2.20. The van der Waals surface area contributed by atoms with E-state index in [9.17, 15) is 4.79 Å². The maximum Gasteiger partial charge on any atom is 0.262 e. The Balaban J connectivity index is 1.65. The molecule has 0 N–H and O–H groups in total. The van der Waals surface area contributed by atoms with Crippen molar-refractivity contribution >= 4 is 22.7 Å². The first-order valence-corrected chi connectivity index (χ1v) is 11.0. The number of hydrogen-bond donors (Lipinski definition) is 0. The minimum absolute atomic E-state index is 0.00498. The SMILES string of the molecule is CCCCn1c(S[C@H](C)c2nnc(-c3ccc(C)cc3)o2)nc2ccccc2c1=O. The zero-order valence-corrected chi connectivity index (χ0v) is 18.1. The van der Waals surface area contributed by atoms with Gasteiger partial charge in [0.2, 0.25) is 11.8 Å². The van der Waals surface area contributed by atoms with Crippen molar-refractivity contribution < 1.29 is 4.42 Å². The van der Waals surface area contributed by atoms with Gasteiger partial charge in [-0.25, -0.2) is 4.98 Å². The number of aryl methyl sites for hydroxylation is 1. The van der Waals surface area contributed by atoms with Gasteiger partial charge in [0.05, 0.1) is 16.2 Å². The van der Waals surface area contributed by atoms with Crippen molar-refractivity contribution in [1.29, 1.82) is 0 Å². The molecule has 0 fully saturated rings. The molecule has 0 aliphatic heterocycles. The lowest BCUT2D eigenvalue weighted by Crippen LogP contribution is -2.23. The second-order valence-electron chi connectivity index (χ2n) is 7.29. The monoisotopic (exact) mass is 420 g/mol. The smallest absolute Gasteiger partial charge is 0.262 e. The van der Waals surface area contributed by atoms with Crippen LogP contribution in [0, 0.1) is 6.92 Å². The van der Waals surface area contributed by atoms with Crippen LogP contribution in [0.5, 0.6) is 0 Å². The van der Waals surface area contributed by atoms with E-state index in [1.54, 1.807) is 4.57 Å². The predicted molar refractivity (Wildman–Crippen MR) is 120 cm³/mol. The van der Waals surface area contributed by atoms with Crippen molar-refractivity contribution in [3.05, 3.63) is 70.3 Å². The average molecular weight is 421 g/mol. The fourth-order valence-corrected chi connectivity index (χ4v) is 4.14. The van der Waals surface area contributed by atoms with Crippen LogP contribution in [0.15, 0.2) is 62.9 Å². The summed E-state index contributed by atoms with van der Waals surface area (Å²) in [4.78, 5) is 17.8. The fraction of sp³-hybridized carbons (Fsp3) is 0.304. The zero-order valence-electron chi connectivity index (χ0n) is 17.3. The largest absolute Gasteiger partial charge is 0.419 e. The summed E-state index contributed by atoms with van der Waals surface area (Å²) < 4.78 is 7.69. The maximum absolute atomic E-state index is 13.0. The third-order valence-corrected chi connectivity index (χ3v) is 6.01. The molecule has 0 unspecified atom stereocenters. The molecule has 2 aromatic carbocycles. The molecule has 0 aliphatic rings. The molecule has 0 amide bonds. The second-order valence-corrected chi connectivity index (χ2v) is 8.60. The number of thioether (sulfide) groups is 1. The minimum atomic E-state index is -0.141. The van der Waals surface area contributed by atoms with Crippen LogP contribution < -0.4 is 5.56 Å². The first kappa shape index (κ1) is 20.3. The average Bonchev–Trinajstić information content (AvgIpc) is 3.24. The Hall–Kier alpha value is -2.93. The number of para-hydroxylation sites is 1. The molecule has 1 atom stereocenters. The van der Waals surface area contributed by atoms with E-state index in [2.05, 4.69) is 17.1 Å². The van der Waals surface area contributed by atoms with Crippen LogP contribution in [-0.2, 0) is 6.54 Å². The first-order valence-electron chi connectivity index (χ1n) is 10.1. The number of benzene rings is 2. The van der Waals surface area contributed by atoms with Crippen LogP contribution in [-0.4, -0.2) is 19.7 Å². The van der Waals surface area contributed by atoms with E-state index in [0.29, 0.717) is 34.4 Å². The van der Waals surface area contributed by atoms with Gasteiger partial charge in [0.15, 0.2) is 5.16 Å². The van der Waals surface area contributed by atoms with Crippen molar-refractivity contribution in [1.82, 2.24) is 19.7 Å². The van der Waals surface area contributed by atoms with Crippen LogP contribution in [0.2, 0.25) is 0 Å². The summed E-state index contributed by atoms with van der Waals surface area (Å²) in [6.45, 7) is 6.78. The molecule has 0 saturated heterocycles. The molecule has 0 bridgehead atoms. The van der Waals surface area contributed by atoms with Crippen molar-refractivity contribution in [3.63, 3.8) is 0 Å². The fourth-order valence-electron chi connectivity index (χ4n) is 3.17. The Morgan fingerprint density at radius 1 is 1.10 bits per heavy atom. The molecule has 4 aromatic rings. The summed E-state index contributed by atoms with van der Waals surface area (Å²) in [5.74, 6) is 1.01. The van der Waals surface area contributed by atoms with Crippen LogP contribution >= 0.6 is 11.8 Å². The molecular formula is C23H24N4O2S. The lowest BCUT2D eigenvalue weighted by atomic mass is 10.1. The summed E-state index contributed by atoms with van der Waals surface area (Å²) in [7, 11) is 0. The van der Waals surface area contributed by atoms with Gasteiger partial charge in [-0.2, -0.15) is 0 Å². The number of hydrogen-bond acceptors (Lipinski definition) is 6. The molecule has 2 aromatic heterocycles. The molecule has 0 saturated carbocycles. The van der Waals surface area contributed by atoms with E-state index in [1.807, 2.05) is 62.4 Å². The van der Waals surface area contributed by atoms with Crippen LogP contribution in [0.25, 0.3) is 22.4 Å². The molecule has 0 aliphatic carbocycles. The Labute approximate surface area is 179 Å². The van der Waals surface area contributed by atoms with Crippen molar-refractivity contribution in [2.45, 2.75) is 50.6 Å². The number of fused-ring (bicyclic) bond motifs is 1. The van der Waals surface area contributed by atoms with Gasteiger partial charge in [-0.05, 0) is 44.5 Å². The van der Waals surface area contributed by atoms with Gasteiger partial charge in [-0.3, -0.25) is 9.36 Å². The van der Waals surface area contributed by atoms with E-state index < -0.39 is 0 Å². The summed E-state index contributed by atoms with van der Waals surface area (Å²) in [6.07, 6.45) is 1.92. The first-order chi connectivity index (χ1) is 14.6. The Morgan fingerprint density at radius 3 is 2.63 bits per heavy atom. The maximum atomic E-state index is 13.0. The van der Waals surface area contributed by atoms with Crippen LogP contribution in [0.3, 0.4) is 0 Å². The molecule has 7 heteroatoms. The number of nitrogens with zero attached hydrogens (tertiary/aromatic N) is 4. The number of rotatable bonds is 7. The number of aromatic nitrogens is 4. The molecule has 30 heavy (non-hydrogen) atoms. The lowest BCUT2D eigenvalue weighted by molar-refractivity contribution is 0.507.